The van der Waals surface area contributed by atoms with Crippen LogP contribution in [0.3, 0.4) is 0 Å². The summed E-state index contributed by atoms with van der Waals surface area (Å²) >= 11 is 0. The summed E-state index contributed by atoms with van der Waals surface area (Å²) in [6.45, 7) is 7.02. The monoisotopic (exact) mass is 198 g/mol. The molecule has 0 aromatic heterocycles. The molecule has 0 aliphatic heterocycles. The van der Waals surface area contributed by atoms with E-state index >= 15 is 0 Å². The molecule has 0 aromatic carbocycles. The van der Waals surface area contributed by atoms with Gasteiger partial charge < -0.3 is 10.6 Å². The summed E-state index contributed by atoms with van der Waals surface area (Å²) in [6.07, 6.45) is 3.82. The van der Waals surface area contributed by atoms with Crippen LogP contribution in [-0.2, 0) is 4.79 Å². The predicted molar refractivity (Wildman–Crippen MR) is 57.9 cm³/mol. The molecule has 0 unspecified atom stereocenters. The number of nitrogens with two attached hydrogens (primary N) is 1. The van der Waals surface area contributed by atoms with Crippen molar-refractivity contribution in [2.45, 2.75) is 58.0 Å². The highest BCUT2D eigenvalue weighted by molar-refractivity contribution is 5.87. The molecule has 0 spiro atoms. The van der Waals surface area contributed by atoms with Crippen LogP contribution in [0.4, 0.5) is 0 Å². The molecular weight excluding hydrogens is 176 g/mol. The van der Waals surface area contributed by atoms with Crippen molar-refractivity contribution < 1.29 is 4.79 Å². The minimum atomic E-state index is -0.528. The Balaban J connectivity index is 2.63. The van der Waals surface area contributed by atoms with E-state index in [1.165, 1.54) is 0 Å². The zero-order valence-electron chi connectivity index (χ0n) is 9.55. The van der Waals surface area contributed by atoms with Gasteiger partial charge in [-0.1, -0.05) is 6.92 Å². The molecule has 0 saturated heterocycles. The molecule has 1 fully saturated rings. The number of rotatable bonds is 4. The maximum atomic E-state index is 12.1. The Kier molecular flexibility index (Phi) is 3.53. The molecule has 0 heterocycles. The van der Waals surface area contributed by atoms with Crippen molar-refractivity contribution in [1.29, 1.82) is 0 Å². The Morgan fingerprint density at radius 1 is 1.50 bits per heavy atom. The van der Waals surface area contributed by atoms with Gasteiger partial charge in [0.2, 0.25) is 5.91 Å². The summed E-state index contributed by atoms with van der Waals surface area (Å²) in [5.41, 5.74) is 5.50. The third kappa shape index (κ3) is 2.08. The maximum absolute atomic E-state index is 12.1. The average molecular weight is 198 g/mol. The van der Waals surface area contributed by atoms with Gasteiger partial charge in [0.05, 0.1) is 5.54 Å². The molecular formula is C11H22N2O. The number of carbonyl (C=O) groups excluding carboxylic acids is 1. The minimum Gasteiger partial charge on any atom is -0.339 e. The highest BCUT2D eigenvalue weighted by atomic mass is 16.2. The van der Waals surface area contributed by atoms with E-state index in [1.54, 1.807) is 0 Å². The van der Waals surface area contributed by atoms with E-state index in [4.69, 9.17) is 5.73 Å². The van der Waals surface area contributed by atoms with Gasteiger partial charge >= 0.3 is 0 Å². The first kappa shape index (κ1) is 11.5. The molecule has 1 aliphatic rings. The van der Waals surface area contributed by atoms with Gasteiger partial charge in [-0.3, -0.25) is 4.79 Å². The van der Waals surface area contributed by atoms with Gasteiger partial charge in [-0.2, -0.15) is 0 Å². The fraction of sp³-hybridized carbons (Fsp3) is 0.909. The van der Waals surface area contributed by atoms with E-state index in [1.807, 2.05) is 4.90 Å². The summed E-state index contributed by atoms with van der Waals surface area (Å²) in [5, 5.41) is 0. The average Bonchev–Trinajstić information content (AvgIpc) is 2.08. The van der Waals surface area contributed by atoms with Crippen LogP contribution < -0.4 is 5.73 Å². The number of hydrogen-bond acceptors (Lipinski definition) is 2. The van der Waals surface area contributed by atoms with E-state index < -0.39 is 5.54 Å². The van der Waals surface area contributed by atoms with Crippen molar-refractivity contribution in [2.75, 3.05) is 6.54 Å². The van der Waals surface area contributed by atoms with Crippen molar-refractivity contribution in [3.8, 4) is 0 Å². The largest absolute Gasteiger partial charge is 0.339 e. The summed E-state index contributed by atoms with van der Waals surface area (Å²) < 4.78 is 0. The molecule has 1 amide bonds. The molecule has 0 bridgehead atoms. The van der Waals surface area contributed by atoms with Crippen molar-refractivity contribution in [1.82, 2.24) is 4.90 Å². The van der Waals surface area contributed by atoms with Gasteiger partial charge in [0.25, 0.3) is 0 Å². The standard InChI is InChI=1S/C11H22N2O/c1-4-8-13(9(2)3)10(14)11(12)6-5-7-11/h9H,4-8,12H2,1-3H3. The van der Waals surface area contributed by atoms with Crippen LogP contribution in [0.5, 0.6) is 0 Å². The Hall–Kier alpha value is -0.570. The second kappa shape index (κ2) is 4.30. The fourth-order valence-electron chi connectivity index (χ4n) is 1.89. The second-order valence-corrected chi connectivity index (χ2v) is 4.60. The van der Waals surface area contributed by atoms with Crippen molar-refractivity contribution in [2.24, 2.45) is 5.73 Å². The Labute approximate surface area is 86.6 Å². The Bertz CT molecular complexity index is 209. The van der Waals surface area contributed by atoms with Gasteiger partial charge in [0, 0.05) is 12.6 Å². The lowest BCUT2D eigenvalue weighted by Crippen LogP contribution is -2.60. The highest BCUT2D eigenvalue weighted by Gasteiger charge is 2.42. The first-order valence-electron chi connectivity index (χ1n) is 5.61. The van der Waals surface area contributed by atoms with E-state index in [0.29, 0.717) is 0 Å². The van der Waals surface area contributed by atoms with Crippen molar-refractivity contribution >= 4 is 5.91 Å². The lowest BCUT2D eigenvalue weighted by Gasteiger charge is -2.41. The van der Waals surface area contributed by atoms with E-state index in [0.717, 1.165) is 32.2 Å². The highest BCUT2D eigenvalue weighted by Crippen LogP contribution is 2.31. The number of hydrogen-bond donors (Lipinski definition) is 1. The fourth-order valence-corrected chi connectivity index (χ4v) is 1.89. The van der Waals surface area contributed by atoms with Gasteiger partial charge in [-0.15, -0.1) is 0 Å². The van der Waals surface area contributed by atoms with Gasteiger partial charge in [-0.25, -0.2) is 0 Å². The topological polar surface area (TPSA) is 46.3 Å². The lowest BCUT2D eigenvalue weighted by molar-refractivity contribution is -0.142. The number of amides is 1. The van der Waals surface area contributed by atoms with E-state index in [-0.39, 0.29) is 11.9 Å². The van der Waals surface area contributed by atoms with E-state index in [2.05, 4.69) is 20.8 Å². The van der Waals surface area contributed by atoms with Crippen LogP contribution in [0.15, 0.2) is 0 Å². The van der Waals surface area contributed by atoms with Crippen LogP contribution >= 0.6 is 0 Å². The third-order valence-corrected chi connectivity index (χ3v) is 3.02. The SMILES string of the molecule is CCCN(C(=O)C1(N)CCC1)C(C)C. The van der Waals surface area contributed by atoms with Crippen LogP contribution in [0, 0.1) is 0 Å². The molecule has 1 rings (SSSR count). The molecule has 3 nitrogen and oxygen atoms in total. The van der Waals surface area contributed by atoms with Crippen LogP contribution in [-0.4, -0.2) is 28.9 Å². The first-order valence-corrected chi connectivity index (χ1v) is 5.61. The quantitative estimate of drug-likeness (QED) is 0.744. The van der Waals surface area contributed by atoms with Gasteiger partial charge in [-0.05, 0) is 39.5 Å². The second-order valence-electron chi connectivity index (χ2n) is 4.60. The molecule has 0 aromatic rings. The Morgan fingerprint density at radius 3 is 2.36 bits per heavy atom. The van der Waals surface area contributed by atoms with Gasteiger partial charge in [0.15, 0.2) is 0 Å². The third-order valence-electron chi connectivity index (χ3n) is 3.02. The van der Waals surface area contributed by atoms with Crippen LogP contribution in [0.1, 0.15) is 46.5 Å². The summed E-state index contributed by atoms with van der Waals surface area (Å²) in [4.78, 5) is 14.0. The van der Waals surface area contributed by atoms with Gasteiger partial charge in [0.1, 0.15) is 0 Å². The molecule has 0 atom stereocenters. The van der Waals surface area contributed by atoms with Crippen LogP contribution in [0.2, 0.25) is 0 Å². The molecule has 1 aliphatic carbocycles. The molecule has 82 valence electrons. The number of nitrogens with zero attached hydrogens (tertiary/aromatic N) is 1. The lowest BCUT2D eigenvalue weighted by atomic mass is 9.76. The normalized spacial score (nSPS) is 19.2. The zero-order chi connectivity index (χ0) is 10.8. The molecule has 0 radical (unpaired) electrons. The summed E-state index contributed by atoms with van der Waals surface area (Å²) in [6, 6.07) is 0.267. The van der Waals surface area contributed by atoms with Crippen molar-refractivity contribution in [3.63, 3.8) is 0 Å². The molecule has 3 heteroatoms. The maximum Gasteiger partial charge on any atom is 0.242 e. The molecule has 14 heavy (non-hydrogen) atoms. The minimum absolute atomic E-state index is 0.153. The predicted octanol–water partition coefficient (Wildman–Crippen LogP) is 1.51. The summed E-state index contributed by atoms with van der Waals surface area (Å²) in [5.74, 6) is 0.153. The smallest absolute Gasteiger partial charge is 0.242 e. The van der Waals surface area contributed by atoms with Crippen molar-refractivity contribution in [3.05, 3.63) is 0 Å². The number of carbonyl (C=O) groups is 1. The molecule has 2 N–H and O–H groups in total. The first-order chi connectivity index (χ1) is 6.51. The van der Waals surface area contributed by atoms with E-state index in [9.17, 15) is 4.79 Å². The van der Waals surface area contributed by atoms with Crippen LogP contribution in [0.25, 0.3) is 0 Å². The zero-order valence-corrected chi connectivity index (χ0v) is 9.55. The summed E-state index contributed by atoms with van der Waals surface area (Å²) in [7, 11) is 0. The molecule has 1 saturated carbocycles. The Morgan fingerprint density at radius 2 is 2.07 bits per heavy atom.